The summed E-state index contributed by atoms with van der Waals surface area (Å²) >= 11 is 0. The van der Waals surface area contributed by atoms with Crippen molar-refractivity contribution >= 4 is 25.4 Å². The Morgan fingerprint density at radius 3 is 2.39 bits per heavy atom. The minimum absolute atomic E-state index is 0.158. The van der Waals surface area contributed by atoms with E-state index in [1.54, 1.807) is 0 Å². The first-order valence-electron chi connectivity index (χ1n) is 4.31. The molecule has 0 bridgehead atoms. The normalized spacial score (nSPS) is 11.6. The zero-order valence-corrected chi connectivity index (χ0v) is 10.3. The second-order valence-electron chi connectivity index (χ2n) is 3.16. The smallest absolute Gasteiger partial charge is 0.387 e. The molecule has 0 unspecified atom stereocenters. The molecule has 100 valence electrons. The van der Waals surface area contributed by atoms with Gasteiger partial charge in [0.2, 0.25) is 0 Å². The number of ether oxygens (including phenoxy) is 1. The molecule has 10 heteroatoms. The third-order valence-corrected chi connectivity index (χ3v) is 3.37. The minimum Gasteiger partial charge on any atom is -0.433 e. The SMILES string of the molecule is Cc1cc([N+](=O)[O-])cc(OC(F)F)c1S(=O)(=O)Cl. The second-order valence-corrected chi connectivity index (χ2v) is 5.67. The molecular formula is C8H6ClF2NO5S. The van der Waals surface area contributed by atoms with Gasteiger partial charge >= 0.3 is 6.61 Å². The topological polar surface area (TPSA) is 86.5 Å². The van der Waals surface area contributed by atoms with Gasteiger partial charge in [0.05, 0.1) is 11.0 Å². The van der Waals surface area contributed by atoms with E-state index in [-0.39, 0.29) is 5.56 Å². The fraction of sp³-hybridized carbons (Fsp3) is 0.250. The molecule has 1 aromatic carbocycles. The van der Waals surface area contributed by atoms with Crippen molar-refractivity contribution in [1.29, 1.82) is 0 Å². The number of halogens is 3. The van der Waals surface area contributed by atoms with Crippen molar-refractivity contribution in [1.82, 2.24) is 0 Å². The van der Waals surface area contributed by atoms with Crippen LogP contribution in [-0.4, -0.2) is 20.0 Å². The summed E-state index contributed by atoms with van der Waals surface area (Å²) in [4.78, 5) is 8.95. The summed E-state index contributed by atoms with van der Waals surface area (Å²) < 4.78 is 50.6. The van der Waals surface area contributed by atoms with Crippen molar-refractivity contribution in [2.45, 2.75) is 18.4 Å². The molecule has 0 spiro atoms. The molecule has 18 heavy (non-hydrogen) atoms. The van der Waals surface area contributed by atoms with Gasteiger partial charge in [-0.2, -0.15) is 8.78 Å². The van der Waals surface area contributed by atoms with Crippen molar-refractivity contribution in [3.05, 3.63) is 27.8 Å². The molecule has 0 N–H and O–H groups in total. The monoisotopic (exact) mass is 301 g/mol. The van der Waals surface area contributed by atoms with Gasteiger partial charge in [-0.15, -0.1) is 0 Å². The molecule has 0 radical (unpaired) electrons. The Morgan fingerprint density at radius 2 is 2.00 bits per heavy atom. The van der Waals surface area contributed by atoms with Gasteiger partial charge in [0.15, 0.2) is 5.75 Å². The molecule has 0 aliphatic rings. The van der Waals surface area contributed by atoms with Crippen molar-refractivity contribution in [2.24, 2.45) is 0 Å². The van der Waals surface area contributed by atoms with Gasteiger partial charge in [0, 0.05) is 16.7 Å². The minimum atomic E-state index is -4.36. The van der Waals surface area contributed by atoms with E-state index >= 15 is 0 Å². The standard InChI is InChI=1S/C8H6ClF2NO5S/c1-4-2-5(12(13)14)3-6(17-8(10)11)7(4)18(9,15)16/h2-3,8H,1H3. The average molecular weight is 302 g/mol. The number of benzene rings is 1. The number of alkyl halides is 2. The molecule has 0 amide bonds. The molecule has 0 fully saturated rings. The van der Waals surface area contributed by atoms with Gasteiger partial charge in [0.1, 0.15) is 4.90 Å². The van der Waals surface area contributed by atoms with E-state index in [0.29, 0.717) is 6.07 Å². The Balaban J connectivity index is 3.55. The van der Waals surface area contributed by atoms with E-state index in [9.17, 15) is 27.3 Å². The van der Waals surface area contributed by atoms with Gasteiger partial charge in [0.25, 0.3) is 14.7 Å². The van der Waals surface area contributed by atoms with E-state index in [1.165, 1.54) is 6.92 Å². The zero-order valence-electron chi connectivity index (χ0n) is 8.76. The third kappa shape index (κ3) is 3.26. The van der Waals surface area contributed by atoms with Crippen molar-refractivity contribution in [3.8, 4) is 5.75 Å². The van der Waals surface area contributed by atoms with Gasteiger partial charge in [-0.1, -0.05) is 0 Å². The highest BCUT2D eigenvalue weighted by molar-refractivity contribution is 8.13. The van der Waals surface area contributed by atoms with Crippen LogP contribution < -0.4 is 4.74 Å². The first-order valence-corrected chi connectivity index (χ1v) is 6.62. The molecule has 0 saturated carbocycles. The van der Waals surface area contributed by atoms with Crippen LogP contribution >= 0.6 is 10.7 Å². The number of rotatable bonds is 4. The highest BCUT2D eigenvalue weighted by Crippen LogP contribution is 2.35. The molecular weight excluding hydrogens is 296 g/mol. The van der Waals surface area contributed by atoms with E-state index in [4.69, 9.17) is 10.7 Å². The predicted molar refractivity (Wildman–Crippen MR) is 57.5 cm³/mol. The van der Waals surface area contributed by atoms with Crippen LogP contribution in [0.2, 0.25) is 0 Å². The summed E-state index contributed by atoms with van der Waals surface area (Å²) in [6.07, 6.45) is 0. The predicted octanol–water partition coefficient (Wildman–Crippen LogP) is 2.43. The van der Waals surface area contributed by atoms with Crippen LogP contribution in [0.5, 0.6) is 5.75 Å². The molecule has 0 aliphatic carbocycles. The van der Waals surface area contributed by atoms with Crippen LogP contribution in [0.25, 0.3) is 0 Å². The Bertz CT molecular complexity index is 589. The number of hydrogen-bond acceptors (Lipinski definition) is 5. The quantitative estimate of drug-likeness (QED) is 0.484. The third-order valence-electron chi connectivity index (χ3n) is 1.90. The van der Waals surface area contributed by atoms with Gasteiger partial charge in [-0.25, -0.2) is 8.42 Å². The Hall–Kier alpha value is -1.48. The van der Waals surface area contributed by atoms with Gasteiger partial charge in [-0.05, 0) is 12.5 Å². The highest BCUT2D eigenvalue weighted by Gasteiger charge is 2.25. The van der Waals surface area contributed by atoms with E-state index in [1.807, 2.05) is 0 Å². The molecule has 1 aromatic rings. The lowest BCUT2D eigenvalue weighted by Gasteiger charge is -2.10. The van der Waals surface area contributed by atoms with Crippen LogP contribution in [0, 0.1) is 17.0 Å². The second kappa shape index (κ2) is 5.02. The highest BCUT2D eigenvalue weighted by atomic mass is 35.7. The van der Waals surface area contributed by atoms with Crippen molar-refractivity contribution in [2.75, 3.05) is 0 Å². The summed E-state index contributed by atoms with van der Waals surface area (Å²) in [6.45, 7) is -2.15. The van der Waals surface area contributed by atoms with Gasteiger partial charge < -0.3 is 4.74 Å². The van der Waals surface area contributed by atoms with Crippen LogP contribution in [0.4, 0.5) is 14.5 Å². The fourth-order valence-electron chi connectivity index (χ4n) is 1.32. The summed E-state index contributed by atoms with van der Waals surface area (Å²) in [5.41, 5.74) is -0.734. The lowest BCUT2D eigenvalue weighted by Crippen LogP contribution is -2.08. The first-order chi connectivity index (χ1) is 8.12. The van der Waals surface area contributed by atoms with Crippen molar-refractivity contribution < 1.29 is 26.9 Å². The molecule has 0 saturated heterocycles. The van der Waals surface area contributed by atoms with Crippen LogP contribution in [0.15, 0.2) is 17.0 Å². The summed E-state index contributed by atoms with van der Waals surface area (Å²) in [5.74, 6) is -0.855. The van der Waals surface area contributed by atoms with Crippen LogP contribution in [0.1, 0.15) is 5.56 Å². The molecule has 1 rings (SSSR count). The van der Waals surface area contributed by atoms with Gasteiger partial charge in [-0.3, -0.25) is 10.1 Å². The number of hydrogen-bond donors (Lipinski definition) is 0. The Morgan fingerprint density at radius 1 is 1.44 bits per heavy atom. The largest absolute Gasteiger partial charge is 0.433 e. The number of nitro benzene ring substituents is 1. The summed E-state index contributed by atoms with van der Waals surface area (Å²) in [6, 6.07) is 1.47. The van der Waals surface area contributed by atoms with E-state index < -0.39 is 36.9 Å². The molecule has 0 aliphatic heterocycles. The fourth-order valence-corrected chi connectivity index (χ4v) is 2.71. The number of nitro groups is 1. The van der Waals surface area contributed by atoms with Crippen molar-refractivity contribution in [3.63, 3.8) is 0 Å². The Labute approximate surface area is 105 Å². The number of non-ortho nitro benzene ring substituents is 1. The maximum absolute atomic E-state index is 12.1. The average Bonchev–Trinajstić information content (AvgIpc) is 2.12. The Kier molecular flexibility index (Phi) is 4.07. The van der Waals surface area contributed by atoms with E-state index in [2.05, 4.69) is 4.74 Å². The molecule has 6 nitrogen and oxygen atoms in total. The maximum atomic E-state index is 12.1. The summed E-state index contributed by atoms with van der Waals surface area (Å²) in [5, 5.41) is 10.5. The summed E-state index contributed by atoms with van der Waals surface area (Å²) in [7, 11) is 0.701. The lowest BCUT2D eigenvalue weighted by atomic mass is 10.2. The first kappa shape index (κ1) is 14.6. The number of nitrogens with zero attached hydrogens (tertiary/aromatic N) is 1. The van der Waals surface area contributed by atoms with Crippen LogP contribution in [0.3, 0.4) is 0 Å². The number of aryl methyl sites for hydroxylation is 1. The zero-order chi connectivity index (χ0) is 14.1. The van der Waals surface area contributed by atoms with E-state index in [0.717, 1.165) is 6.07 Å². The maximum Gasteiger partial charge on any atom is 0.387 e. The molecule has 0 aromatic heterocycles. The van der Waals surface area contributed by atoms with Crippen LogP contribution in [-0.2, 0) is 9.05 Å². The molecule has 0 atom stereocenters. The molecule has 0 heterocycles. The lowest BCUT2D eigenvalue weighted by molar-refractivity contribution is -0.385.